The van der Waals surface area contributed by atoms with Crippen molar-refractivity contribution < 1.29 is 4.79 Å². The predicted molar refractivity (Wildman–Crippen MR) is 53.9 cm³/mol. The van der Waals surface area contributed by atoms with E-state index in [-0.39, 0.29) is 0 Å². The third kappa shape index (κ3) is 2.34. The zero-order valence-electron chi connectivity index (χ0n) is 7.97. The van der Waals surface area contributed by atoms with Crippen molar-refractivity contribution in [2.45, 2.75) is 19.8 Å². The van der Waals surface area contributed by atoms with E-state index >= 15 is 0 Å². The third-order valence-corrected chi connectivity index (χ3v) is 1.90. The molecule has 0 heterocycles. The lowest BCUT2D eigenvalue weighted by atomic mass is 10.0. The van der Waals surface area contributed by atoms with Gasteiger partial charge in [0.15, 0.2) is 0 Å². The Balaban J connectivity index is 3.05. The summed E-state index contributed by atoms with van der Waals surface area (Å²) in [5.41, 5.74) is 9.60. The molecule has 72 valence electrons. The van der Waals surface area contributed by atoms with Crippen molar-refractivity contribution in [1.29, 1.82) is 0 Å². The SMILES string of the molecule is CCCc1ccccc1C(=O)N=[N+]=[N-]. The van der Waals surface area contributed by atoms with Gasteiger partial charge in [-0.05, 0) is 22.6 Å². The molecule has 1 aromatic carbocycles. The number of nitrogens with zero attached hydrogens (tertiary/aromatic N) is 3. The minimum atomic E-state index is -0.503. The average Bonchev–Trinajstić information content (AvgIpc) is 2.19. The lowest BCUT2D eigenvalue weighted by Gasteiger charge is -2.03. The highest BCUT2D eigenvalue weighted by Gasteiger charge is 2.07. The summed E-state index contributed by atoms with van der Waals surface area (Å²) >= 11 is 0. The first-order valence-corrected chi connectivity index (χ1v) is 4.47. The van der Waals surface area contributed by atoms with E-state index in [9.17, 15) is 4.79 Å². The smallest absolute Gasteiger partial charge is 0.249 e. The molecule has 1 rings (SSSR count). The van der Waals surface area contributed by atoms with Gasteiger partial charge in [0.1, 0.15) is 0 Å². The van der Waals surface area contributed by atoms with E-state index < -0.39 is 5.91 Å². The molecule has 0 saturated heterocycles. The quantitative estimate of drug-likeness (QED) is 0.409. The molecule has 0 aliphatic rings. The molecule has 0 aromatic heterocycles. The van der Waals surface area contributed by atoms with E-state index in [1.807, 2.05) is 19.1 Å². The molecule has 0 N–H and O–H groups in total. The maximum absolute atomic E-state index is 11.3. The van der Waals surface area contributed by atoms with E-state index in [2.05, 4.69) is 10.0 Å². The van der Waals surface area contributed by atoms with Crippen LogP contribution in [0.2, 0.25) is 0 Å². The van der Waals surface area contributed by atoms with E-state index in [0.717, 1.165) is 18.4 Å². The summed E-state index contributed by atoms with van der Waals surface area (Å²) < 4.78 is 0. The first-order valence-electron chi connectivity index (χ1n) is 4.47. The minimum Gasteiger partial charge on any atom is -0.287 e. The van der Waals surface area contributed by atoms with Crippen LogP contribution in [0, 0.1) is 0 Å². The second kappa shape index (κ2) is 5.04. The number of hydrogen-bond acceptors (Lipinski definition) is 1. The van der Waals surface area contributed by atoms with Crippen LogP contribution < -0.4 is 0 Å². The van der Waals surface area contributed by atoms with Crippen LogP contribution in [0.1, 0.15) is 29.3 Å². The van der Waals surface area contributed by atoms with Crippen molar-refractivity contribution >= 4 is 5.91 Å². The van der Waals surface area contributed by atoms with Gasteiger partial charge in [0.05, 0.1) is 0 Å². The molecule has 4 heteroatoms. The zero-order valence-corrected chi connectivity index (χ0v) is 7.97. The van der Waals surface area contributed by atoms with Gasteiger partial charge < -0.3 is 0 Å². The Morgan fingerprint density at radius 3 is 2.86 bits per heavy atom. The summed E-state index contributed by atoms with van der Waals surface area (Å²) in [4.78, 5) is 13.8. The standard InChI is InChI=1S/C10H11N3O/c1-2-5-8-6-3-4-7-9(8)10(14)12-13-11/h3-4,6-7H,2,5H2,1H3. The van der Waals surface area contributed by atoms with E-state index in [0.29, 0.717) is 5.56 Å². The molecule has 0 aliphatic heterocycles. The van der Waals surface area contributed by atoms with Crippen molar-refractivity contribution in [3.63, 3.8) is 0 Å². The molecule has 0 atom stereocenters. The summed E-state index contributed by atoms with van der Waals surface area (Å²) in [7, 11) is 0. The fraction of sp³-hybridized carbons (Fsp3) is 0.300. The second-order valence-electron chi connectivity index (χ2n) is 2.90. The topological polar surface area (TPSA) is 65.8 Å². The lowest BCUT2D eigenvalue weighted by molar-refractivity contribution is 0.0999. The summed E-state index contributed by atoms with van der Waals surface area (Å²) in [6.45, 7) is 2.04. The van der Waals surface area contributed by atoms with Crippen molar-refractivity contribution in [1.82, 2.24) is 0 Å². The van der Waals surface area contributed by atoms with Crippen molar-refractivity contribution in [3.8, 4) is 0 Å². The first kappa shape index (κ1) is 10.3. The normalized spacial score (nSPS) is 9.21. The number of amides is 1. The Kier molecular flexibility index (Phi) is 3.70. The van der Waals surface area contributed by atoms with Crippen molar-refractivity contribution in [2.24, 2.45) is 5.11 Å². The number of carbonyl (C=O) groups is 1. The number of azide groups is 1. The molecule has 0 fully saturated rings. The Morgan fingerprint density at radius 2 is 2.21 bits per heavy atom. The molecule has 0 unspecified atom stereocenters. The van der Waals surface area contributed by atoms with Gasteiger partial charge in [-0.1, -0.05) is 37.6 Å². The number of hydrogen-bond donors (Lipinski definition) is 0. The number of benzene rings is 1. The molecule has 14 heavy (non-hydrogen) atoms. The van der Waals surface area contributed by atoms with E-state index in [1.165, 1.54) is 0 Å². The van der Waals surface area contributed by atoms with Gasteiger partial charge in [0, 0.05) is 10.5 Å². The first-order chi connectivity index (χ1) is 6.79. The Bertz CT molecular complexity index is 381. The zero-order chi connectivity index (χ0) is 10.4. The van der Waals surface area contributed by atoms with Gasteiger partial charge in [-0.15, -0.1) is 0 Å². The molecule has 0 bridgehead atoms. The Labute approximate surface area is 82.2 Å². The maximum atomic E-state index is 11.3. The highest BCUT2D eigenvalue weighted by atomic mass is 16.1. The summed E-state index contributed by atoms with van der Waals surface area (Å²) in [5.74, 6) is -0.503. The predicted octanol–water partition coefficient (Wildman–Crippen LogP) is 3.09. The van der Waals surface area contributed by atoms with Crippen LogP contribution in [0.15, 0.2) is 29.4 Å². The van der Waals surface area contributed by atoms with E-state index in [1.54, 1.807) is 12.1 Å². The molecule has 1 amide bonds. The fourth-order valence-electron chi connectivity index (χ4n) is 1.31. The number of aryl methyl sites for hydroxylation is 1. The van der Waals surface area contributed by atoms with Gasteiger partial charge in [-0.2, -0.15) is 0 Å². The van der Waals surface area contributed by atoms with Crippen LogP contribution in [0.4, 0.5) is 0 Å². The van der Waals surface area contributed by atoms with Gasteiger partial charge >= 0.3 is 0 Å². The van der Waals surface area contributed by atoms with Crippen LogP contribution >= 0.6 is 0 Å². The van der Waals surface area contributed by atoms with E-state index in [4.69, 9.17) is 5.53 Å². The number of carbonyl (C=O) groups excluding carboxylic acids is 1. The average molecular weight is 189 g/mol. The Hall–Kier alpha value is -1.80. The van der Waals surface area contributed by atoms with Gasteiger partial charge in [-0.3, -0.25) is 4.79 Å². The summed E-state index contributed by atoms with van der Waals surface area (Å²) in [5, 5.41) is 3.08. The number of rotatable bonds is 3. The second-order valence-corrected chi connectivity index (χ2v) is 2.90. The Morgan fingerprint density at radius 1 is 1.50 bits per heavy atom. The molecular weight excluding hydrogens is 178 g/mol. The minimum absolute atomic E-state index is 0.503. The van der Waals surface area contributed by atoms with Crippen LogP contribution in [0.5, 0.6) is 0 Å². The molecule has 0 aliphatic carbocycles. The summed E-state index contributed by atoms with van der Waals surface area (Å²) in [6, 6.07) is 7.20. The van der Waals surface area contributed by atoms with Crippen LogP contribution in [-0.4, -0.2) is 5.91 Å². The molecule has 4 nitrogen and oxygen atoms in total. The molecule has 0 saturated carbocycles. The lowest BCUT2D eigenvalue weighted by Crippen LogP contribution is -1.99. The maximum Gasteiger partial charge on any atom is 0.249 e. The molecule has 0 spiro atoms. The molecular formula is C10H11N3O. The molecule has 0 radical (unpaired) electrons. The van der Waals surface area contributed by atoms with Gasteiger partial charge in [0.2, 0.25) is 5.91 Å². The highest BCUT2D eigenvalue weighted by molar-refractivity contribution is 5.96. The van der Waals surface area contributed by atoms with Crippen molar-refractivity contribution in [3.05, 3.63) is 45.8 Å². The highest BCUT2D eigenvalue weighted by Crippen LogP contribution is 2.12. The van der Waals surface area contributed by atoms with Gasteiger partial charge in [0.25, 0.3) is 0 Å². The molecule has 1 aromatic rings. The third-order valence-electron chi connectivity index (χ3n) is 1.90. The summed E-state index contributed by atoms with van der Waals surface area (Å²) in [6.07, 6.45) is 1.78. The monoisotopic (exact) mass is 189 g/mol. The van der Waals surface area contributed by atoms with Crippen LogP contribution in [0.3, 0.4) is 0 Å². The van der Waals surface area contributed by atoms with Gasteiger partial charge in [-0.25, -0.2) is 0 Å². The largest absolute Gasteiger partial charge is 0.287 e. The van der Waals surface area contributed by atoms with Crippen LogP contribution in [0.25, 0.3) is 10.4 Å². The van der Waals surface area contributed by atoms with Crippen molar-refractivity contribution in [2.75, 3.05) is 0 Å². The fourth-order valence-corrected chi connectivity index (χ4v) is 1.31. The van der Waals surface area contributed by atoms with Crippen LogP contribution in [-0.2, 0) is 6.42 Å².